The van der Waals surface area contributed by atoms with E-state index in [4.69, 9.17) is 4.55 Å². The number of likely N-dealkylation sites (tertiary alicyclic amines) is 1. The van der Waals surface area contributed by atoms with Gasteiger partial charge in [-0.3, -0.25) is 0 Å². The molecule has 0 amide bonds. The van der Waals surface area contributed by atoms with E-state index in [1.165, 1.54) is 37.9 Å². The quantitative estimate of drug-likeness (QED) is 0.785. The average molecular weight is 295 g/mol. The van der Waals surface area contributed by atoms with Gasteiger partial charge in [-0.2, -0.15) is 0 Å². The van der Waals surface area contributed by atoms with Crippen molar-refractivity contribution in [1.29, 1.82) is 0 Å². The Balaban J connectivity index is 1.89. The van der Waals surface area contributed by atoms with Crippen LogP contribution in [0.25, 0.3) is 0 Å². The molecular weight excluding hydrogens is 270 g/mol. The Labute approximate surface area is 124 Å². The van der Waals surface area contributed by atoms with Crippen molar-refractivity contribution in [1.82, 2.24) is 4.90 Å². The van der Waals surface area contributed by atoms with E-state index >= 15 is 0 Å². The van der Waals surface area contributed by atoms with E-state index in [-0.39, 0.29) is 0 Å². The molecule has 1 aromatic carbocycles. The van der Waals surface area contributed by atoms with Gasteiger partial charge in [0.05, 0.1) is 0 Å². The number of hydrogen-bond donors (Lipinski definition) is 1. The molecule has 0 bridgehead atoms. The predicted molar refractivity (Wildman–Crippen MR) is 84.3 cm³/mol. The minimum Gasteiger partial charge on any atom is -0.306 e. The smallest absolute Gasteiger partial charge is 0.152 e. The van der Waals surface area contributed by atoms with E-state index in [0.29, 0.717) is 11.7 Å². The molecule has 112 valence electrons. The van der Waals surface area contributed by atoms with Gasteiger partial charge in [0.1, 0.15) is 0 Å². The Morgan fingerprint density at radius 3 is 2.45 bits per heavy atom. The van der Waals surface area contributed by atoms with Gasteiger partial charge >= 0.3 is 0 Å². The molecule has 1 heterocycles. The Hall–Kier alpha value is -0.710. The molecule has 0 aliphatic carbocycles. The molecule has 0 spiro atoms. The molecule has 1 aliphatic heterocycles. The summed E-state index contributed by atoms with van der Waals surface area (Å²) in [6.45, 7) is 3.54. The van der Waals surface area contributed by atoms with Crippen molar-refractivity contribution in [3.8, 4) is 0 Å². The Bertz CT molecular complexity index is 404. The summed E-state index contributed by atoms with van der Waals surface area (Å²) in [5.74, 6) is 0.772. The largest absolute Gasteiger partial charge is 0.306 e. The maximum absolute atomic E-state index is 10.9. The third kappa shape index (κ3) is 5.35. The van der Waals surface area contributed by atoms with Crippen LogP contribution < -0.4 is 0 Å². The molecule has 2 rings (SSSR count). The molecule has 2 atom stereocenters. The normalized spacial score (nSPS) is 19.6. The van der Waals surface area contributed by atoms with Gasteiger partial charge in [0.15, 0.2) is 11.1 Å². The molecule has 1 aliphatic rings. The monoisotopic (exact) mass is 295 g/mol. The first-order valence-corrected chi connectivity index (χ1v) is 8.88. The third-order valence-electron chi connectivity index (χ3n) is 4.15. The van der Waals surface area contributed by atoms with Gasteiger partial charge in [-0.25, -0.2) is 4.21 Å². The predicted octanol–water partition coefficient (Wildman–Crippen LogP) is 3.26. The Morgan fingerprint density at radius 1 is 1.10 bits per heavy atom. The lowest BCUT2D eigenvalue weighted by atomic mass is 9.93. The Morgan fingerprint density at radius 2 is 1.80 bits per heavy atom. The van der Waals surface area contributed by atoms with Gasteiger partial charge in [0, 0.05) is 5.75 Å². The number of piperidine rings is 1. The summed E-state index contributed by atoms with van der Waals surface area (Å²) in [7, 11) is 0. The van der Waals surface area contributed by atoms with Crippen molar-refractivity contribution in [2.45, 2.75) is 38.0 Å². The van der Waals surface area contributed by atoms with E-state index in [2.05, 4.69) is 29.2 Å². The third-order valence-corrected chi connectivity index (χ3v) is 4.74. The van der Waals surface area contributed by atoms with Crippen LogP contribution in [0.5, 0.6) is 0 Å². The van der Waals surface area contributed by atoms with Crippen LogP contribution >= 0.6 is 0 Å². The first-order chi connectivity index (χ1) is 9.75. The first kappa shape index (κ1) is 15.7. The molecular formula is C16H25NO2S. The first-order valence-electron chi connectivity index (χ1n) is 7.60. The molecule has 3 nitrogen and oxygen atoms in total. The molecule has 1 N–H and O–H groups in total. The highest BCUT2D eigenvalue weighted by Crippen LogP contribution is 2.24. The topological polar surface area (TPSA) is 40.5 Å². The summed E-state index contributed by atoms with van der Waals surface area (Å²) >= 11 is -1.68. The molecule has 2 unspecified atom stereocenters. The Kier molecular flexibility index (Phi) is 6.70. The van der Waals surface area contributed by atoms with Crippen molar-refractivity contribution in [3.63, 3.8) is 0 Å². The van der Waals surface area contributed by atoms with Crippen LogP contribution in [-0.2, 0) is 11.1 Å². The summed E-state index contributed by atoms with van der Waals surface area (Å²) in [4.78, 5) is 2.54. The minimum absolute atomic E-state index is 0.375. The van der Waals surface area contributed by atoms with E-state index < -0.39 is 11.1 Å². The second-order valence-electron chi connectivity index (χ2n) is 5.61. The zero-order chi connectivity index (χ0) is 14.2. The number of benzene rings is 1. The standard InChI is InChI=1S/C16H25NO2S/c18-20(19)14-10-16(15-7-3-1-4-8-15)9-13-17-11-5-2-6-12-17/h1,3-4,7-8,16H,2,5-6,9-14H2,(H,18,19). The number of nitrogens with zero attached hydrogens (tertiary/aromatic N) is 1. The maximum Gasteiger partial charge on any atom is 0.152 e. The molecule has 1 aromatic rings. The number of hydrogen-bond acceptors (Lipinski definition) is 2. The van der Waals surface area contributed by atoms with Gasteiger partial charge < -0.3 is 9.45 Å². The van der Waals surface area contributed by atoms with Gasteiger partial charge in [-0.05, 0) is 56.8 Å². The highest BCUT2D eigenvalue weighted by Gasteiger charge is 2.16. The fraction of sp³-hybridized carbons (Fsp3) is 0.625. The zero-order valence-electron chi connectivity index (χ0n) is 12.0. The highest BCUT2D eigenvalue weighted by molar-refractivity contribution is 7.79. The second-order valence-corrected chi connectivity index (χ2v) is 6.66. The summed E-state index contributed by atoms with van der Waals surface area (Å²) < 4.78 is 20.0. The maximum atomic E-state index is 10.9. The van der Waals surface area contributed by atoms with Crippen molar-refractivity contribution >= 4 is 11.1 Å². The van der Waals surface area contributed by atoms with Crippen LogP contribution in [0.4, 0.5) is 0 Å². The van der Waals surface area contributed by atoms with Gasteiger partial charge in [0.25, 0.3) is 0 Å². The van der Waals surface area contributed by atoms with E-state index in [9.17, 15) is 4.21 Å². The van der Waals surface area contributed by atoms with Gasteiger partial charge in [-0.15, -0.1) is 0 Å². The fourth-order valence-corrected chi connectivity index (χ4v) is 3.45. The van der Waals surface area contributed by atoms with Crippen LogP contribution in [0, 0.1) is 0 Å². The van der Waals surface area contributed by atoms with Crippen molar-refractivity contribution in [2.24, 2.45) is 0 Å². The molecule has 4 heteroatoms. The summed E-state index contributed by atoms with van der Waals surface area (Å²) in [5.41, 5.74) is 1.30. The van der Waals surface area contributed by atoms with Crippen LogP contribution in [0.2, 0.25) is 0 Å². The van der Waals surface area contributed by atoms with E-state index in [0.717, 1.165) is 19.4 Å². The summed E-state index contributed by atoms with van der Waals surface area (Å²) in [6.07, 6.45) is 5.87. The van der Waals surface area contributed by atoms with Crippen LogP contribution in [0.1, 0.15) is 43.6 Å². The SMILES string of the molecule is O=S(O)CCC(CCN1CCCCC1)c1ccccc1. The summed E-state index contributed by atoms with van der Waals surface area (Å²) in [6, 6.07) is 10.4. The van der Waals surface area contributed by atoms with Crippen LogP contribution in [-0.4, -0.2) is 39.0 Å². The molecule has 1 saturated heterocycles. The highest BCUT2D eigenvalue weighted by atomic mass is 32.2. The molecule has 0 aromatic heterocycles. The number of rotatable bonds is 7. The van der Waals surface area contributed by atoms with Crippen molar-refractivity contribution < 1.29 is 8.76 Å². The van der Waals surface area contributed by atoms with E-state index in [1.807, 2.05) is 6.07 Å². The molecule has 20 heavy (non-hydrogen) atoms. The lowest BCUT2D eigenvalue weighted by molar-refractivity contribution is 0.220. The van der Waals surface area contributed by atoms with Crippen LogP contribution in [0.3, 0.4) is 0 Å². The molecule has 0 saturated carbocycles. The minimum atomic E-state index is -1.68. The molecule has 0 radical (unpaired) electrons. The lowest BCUT2D eigenvalue weighted by Gasteiger charge is -2.28. The lowest BCUT2D eigenvalue weighted by Crippen LogP contribution is -2.31. The van der Waals surface area contributed by atoms with E-state index in [1.54, 1.807) is 0 Å². The fourth-order valence-electron chi connectivity index (χ4n) is 2.97. The van der Waals surface area contributed by atoms with Gasteiger partial charge in [0.2, 0.25) is 0 Å². The van der Waals surface area contributed by atoms with Crippen molar-refractivity contribution in [2.75, 3.05) is 25.4 Å². The molecule has 1 fully saturated rings. The van der Waals surface area contributed by atoms with Crippen LogP contribution in [0.15, 0.2) is 30.3 Å². The van der Waals surface area contributed by atoms with Crippen molar-refractivity contribution in [3.05, 3.63) is 35.9 Å². The average Bonchev–Trinajstić information content (AvgIpc) is 2.49. The summed E-state index contributed by atoms with van der Waals surface area (Å²) in [5, 5.41) is 0. The zero-order valence-corrected chi connectivity index (χ0v) is 12.9. The second kappa shape index (κ2) is 8.55. The van der Waals surface area contributed by atoms with Gasteiger partial charge in [-0.1, -0.05) is 36.8 Å².